The van der Waals surface area contributed by atoms with Crippen molar-refractivity contribution in [1.82, 2.24) is 10.2 Å². The molecule has 2 aromatic rings. The van der Waals surface area contributed by atoms with Crippen molar-refractivity contribution in [3.63, 3.8) is 0 Å². The maximum atomic E-state index is 12.8. The van der Waals surface area contributed by atoms with Gasteiger partial charge >= 0.3 is 0 Å². The van der Waals surface area contributed by atoms with Crippen molar-refractivity contribution >= 4 is 40.5 Å². The maximum Gasteiger partial charge on any atom is 0.256 e. The topological polar surface area (TPSA) is 86.8 Å². The lowest BCUT2D eigenvalue weighted by Crippen LogP contribution is -2.52. The van der Waals surface area contributed by atoms with Gasteiger partial charge in [0.1, 0.15) is 11.8 Å². The summed E-state index contributed by atoms with van der Waals surface area (Å²) >= 11 is 1.52. The summed E-state index contributed by atoms with van der Waals surface area (Å²) in [5.74, 6) is -0.618. The summed E-state index contributed by atoms with van der Waals surface area (Å²) in [4.78, 5) is 53.7. The minimum atomic E-state index is -0.604. The van der Waals surface area contributed by atoms with Gasteiger partial charge in [-0.2, -0.15) is 0 Å². The summed E-state index contributed by atoms with van der Waals surface area (Å²) in [6.07, 6.45) is 3.92. The third-order valence-electron chi connectivity index (χ3n) is 6.68. The van der Waals surface area contributed by atoms with E-state index < -0.39 is 11.9 Å². The van der Waals surface area contributed by atoms with Crippen LogP contribution in [0.3, 0.4) is 0 Å². The molecule has 1 aromatic heterocycles. The highest BCUT2D eigenvalue weighted by Crippen LogP contribution is 2.34. The minimum absolute atomic E-state index is 0.158. The van der Waals surface area contributed by atoms with Crippen LogP contribution < -0.4 is 10.2 Å². The number of amides is 3. The number of anilines is 1. The van der Waals surface area contributed by atoms with E-state index in [9.17, 15) is 19.2 Å². The van der Waals surface area contributed by atoms with Crippen molar-refractivity contribution in [2.75, 3.05) is 19.0 Å². The van der Waals surface area contributed by atoms with E-state index in [0.717, 1.165) is 23.3 Å². The molecule has 3 heterocycles. The van der Waals surface area contributed by atoms with Gasteiger partial charge < -0.3 is 9.80 Å². The summed E-state index contributed by atoms with van der Waals surface area (Å²) in [6.45, 7) is 2.48. The number of carbonyl (C=O) groups is 4. The molecule has 0 radical (unpaired) electrons. The Morgan fingerprint density at radius 3 is 2.68 bits per heavy atom. The number of rotatable bonds is 9. The number of nitrogens with zero attached hydrogens (tertiary/aromatic N) is 2. The number of Topliss-reactive ketones (excluding diaryl/α,β-unsaturated/α-hetero) is 1. The average molecular weight is 482 g/mol. The van der Waals surface area contributed by atoms with E-state index in [-0.39, 0.29) is 24.0 Å². The fourth-order valence-corrected chi connectivity index (χ4v) is 5.90. The molecule has 1 N–H and O–H groups in total. The monoisotopic (exact) mass is 481 g/mol. The van der Waals surface area contributed by atoms with Gasteiger partial charge in [0.05, 0.1) is 5.56 Å². The number of benzene rings is 1. The van der Waals surface area contributed by atoms with E-state index in [1.807, 2.05) is 19.5 Å². The van der Waals surface area contributed by atoms with E-state index >= 15 is 0 Å². The number of hydrogen-bond acceptors (Lipinski definition) is 6. The number of hydrogen-bond donors (Lipinski definition) is 1. The fraction of sp³-hybridized carbons (Fsp3) is 0.462. The van der Waals surface area contributed by atoms with Crippen molar-refractivity contribution in [2.24, 2.45) is 0 Å². The number of aryl methyl sites for hydroxylation is 3. The summed E-state index contributed by atoms with van der Waals surface area (Å²) in [7, 11) is 4.07. The molecule has 1 fully saturated rings. The Hall–Kier alpha value is -3.00. The van der Waals surface area contributed by atoms with Crippen LogP contribution in [0.15, 0.2) is 23.6 Å². The lowest BCUT2D eigenvalue weighted by atomic mass is 10.0. The number of fused-ring (bicyclic) bond motifs is 1. The molecule has 34 heavy (non-hydrogen) atoms. The van der Waals surface area contributed by atoms with Crippen LogP contribution in [-0.2, 0) is 33.8 Å². The number of piperidine rings is 1. The predicted octanol–water partition coefficient (Wildman–Crippen LogP) is 3.41. The van der Waals surface area contributed by atoms with Crippen molar-refractivity contribution < 1.29 is 19.2 Å². The zero-order valence-corrected chi connectivity index (χ0v) is 20.8. The van der Waals surface area contributed by atoms with Crippen molar-refractivity contribution in [3.05, 3.63) is 50.7 Å². The van der Waals surface area contributed by atoms with Crippen molar-refractivity contribution in [2.45, 2.75) is 64.5 Å². The molecule has 4 rings (SSSR count). The molecule has 3 amide bonds. The van der Waals surface area contributed by atoms with Crippen LogP contribution in [0.4, 0.5) is 5.69 Å². The Morgan fingerprint density at radius 1 is 1.18 bits per heavy atom. The second-order valence-electron chi connectivity index (χ2n) is 9.36. The zero-order valence-electron chi connectivity index (χ0n) is 20.0. The molecule has 0 saturated carbocycles. The van der Waals surface area contributed by atoms with Gasteiger partial charge in [-0.1, -0.05) is 12.1 Å². The number of nitrogens with one attached hydrogen (secondary N) is 1. The molecule has 7 nitrogen and oxygen atoms in total. The van der Waals surface area contributed by atoms with Crippen LogP contribution in [-0.4, -0.2) is 48.5 Å². The molecule has 1 saturated heterocycles. The molecule has 0 bridgehead atoms. The fourth-order valence-electron chi connectivity index (χ4n) is 4.86. The highest BCUT2D eigenvalue weighted by atomic mass is 32.1. The van der Waals surface area contributed by atoms with E-state index in [4.69, 9.17) is 0 Å². The van der Waals surface area contributed by atoms with Crippen LogP contribution >= 0.6 is 11.3 Å². The number of thiophene rings is 1. The molecule has 1 unspecified atom stereocenters. The highest BCUT2D eigenvalue weighted by molar-refractivity contribution is 7.10. The van der Waals surface area contributed by atoms with Gasteiger partial charge in [-0.05, 0) is 55.4 Å². The SMILES string of the molecule is Cc1cc(CCCC(=O)CCc2scc3c2CN(C2CCC(=O)NC2=O)C3=O)ccc1N(C)C. The molecule has 0 spiro atoms. The molecule has 2 aliphatic rings. The Kier molecular flexibility index (Phi) is 7.16. The molecule has 180 valence electrons. The predicted molar refractivity (Wildman–Crippen MR) is 132 cm³/mol. The van der Waals surface area contributed by atoms with Gasteiger partial charge in [0.15, 0.2) is 0 Å². The molecular formula is C26H31N3O4S. The van der Waals surface area contributed by atoms with Crippen molar-refractivity contribution in [3.8, 4) is 0 Å². The molecule has 8 heteroatoms. The van der Waals surface area contributed by atoms with Gasteiger partial charge in [0, 0.05) is 55.8 Å². The lowest BCUT2D eigenvalue weighted by Gasteiger charge is -2.29. The van der Waals surface area contributed by atoms with E-state index in [1.165, 1.54) is 28.2 Å². The second kappa shape index (κ2) is 10.1. The van der Waals surface area contributed by atoms with Crippen LogP contribution in [0.1, 0.15) is 64.0 Å². The molecule has 0 aliphatic carbocycles. The average Bonchev–Trinajstić information content (AvgIpc) is 3.32. The Bertz CT molecular complexity index is 1140. The summed E-state index contributed by atoms with van der Waals surface area (Å²) in [5.41, 5.74) is 5.26. The van der Waals surface area contributed by atoms with Crippen LogP contribution in [0.5, 0.6) is 0 Å². The summed E-state index contributed by atoms with van der Waals surface area (Å²) in [6, 6.07) is 5.85. The first kappa shape index (κ1) is 24.1. The Balaban J connectivity index is 1.27. The third-order valence-corrected chi connectivity index (χ3v) is 7.77. The molecule has 1 aromatic carbocycles. The first-order valence-electron chi connectivity index (χ1n) is 11.8. The van der Waals surface area contributed by atoms with Gasteiger partial charge in [0.2, 0.25) is 11.8 Å². The maximum absolute atomic E-state index is 12.8. The van der Waals surface area contributed by atoms with E-state index in [2.05, 4.69) is 35.3 Å². The normalized spacial score (nSPS) is 17.7. The molecule has 1 atom stereocenters. The second-order valence-corrected chi connectivity index (χ2v) is 10.3. The summed E-state index contributed by atoms with van der Waals surface area (Å²) in [5, 5.41) is 4.16. The van der Waals surface area contributed by atoms with E-state index in [1.54, 1.807) is 4.90 Å². The first-order chi connectivity index (χ1) is 16.2. The van der Waals surface area contributed by atoms with Crippen LogP contribution in [0, 0.1) is 6.92 Å². The van der Waals surface area contributed by atoms with Crippen LogP contribution in [0.25, 0.3) is 0 Å². The zero-order chi connectivity index (χ0) is 24.4. The van der Waals surface area contributed by atoms with E-state index in [0.29, 0.717) is 37.8 Å². The third kappa shape index (κ3) is 5.06. The smallest absolute Gasteiger partial charge is 0.256 e. The number of imide groups is 1. The Labute approximate surface area is 204 Å². The van der Waals surface area contributed by atoms with Gasteiger partial charge in [0.25, 0.3) is 5.91 Å². The van der Waals surface area contributed by atoms with Crippen molar-refractivity contribution in [1.29, 1.82) is 0 Å². The first-order valence-corrected chi connectivity index (χ1v) is 12.6. The minimum Gasteiger partial charge on any atom is -0.377 e. The number of carbonyl (C=O) groups excluding carboxylic acids is 4. The number of ketones is 1. The Morgan fingerprint density at radius 2 is 1.97 bits per heavy atom. The van der Waals surface area contributed by atoms with Crippen LogP contribution in [0.2, 0.25) is 0 Å². The van der Waals surface area contributed by atoms with Gasteiger partial charge in [-0.25, -0.2) is 0 Å². The molecular weight excluding hydrogens is 450 g/mol. The largest absolute Gasteiger partial charge is 0.377 e. The lowest BCUT2D eigenvalue weighted by molar-refractivity contribution is -0.137. The molecule has 2 aliphatic heterocycles. The van der Waals surface area contributed by atoms with Gasteiger partial charge in [-0.15, -0.1) is 11.3 Å². The highest BCUT2D eigenvalue weighted by Gasteiger charge is 2.40. The standard InChI is InChI=1S/C26H31N3O4S/c1-16-13-17(7-9-21(16)28(2)3)5-4-6-18(30)8-11-23-19-14-29(26(33)20(19)15-34-23)22-10-12-24(31)27-25(22)32/h7,9,13,15,22H,4-6,8,10-12,14H2,1-3H3,(H,27,31,32). The summed E-state index contributed by atoms with van der Waals surface area (Å²) < 4.78 is 0. The van der Waals surface area contributed by atoms with Gasteiger partial charge in [-0.3, -0.25) is 24.5 Å². The quantitative estimate of drug-likeness (QED) is 0.555.